The molecular formula is C22H21F3N2O3. The third-order valence-electron chi connectivity index (χ3n) is 4.84. The fraction of sp³-hybridized carbons (Fsp3) is 0.273. The summed E-state index contributed by atoms with van der Waals surface area (Å²) in [5, 5.41) is 3.55. The molecular weight excluding hydrogens is 397 g/mol. The SMILES string of the molecule is COC(=O)C(Cc1ccc(C(F)(F)F)cc1)Cc1ccc2[nH]cc(NC(C)=O)c2c1. The molecule has 1 heterocycles. The third kappa shape index (κ3) is 5.00. The molecule has 1 amide bonds. The minimum Gasteiger partial charge on any atom is -0.469 e. The second kappa shape index (κ2) is 8.61. The smallest absolute Gasteiger partial charge is 0.416 e. The van der Waals surface area contributed by atoms with Gasteiger partial charge in [0.2, 0.25) is 5.91 Å². The number of rotatable bonds is 6. The number of esters is 1. The number of anilines is 1. The number of nitrogens with one attached hydrogen (secondary N) is 2. The highest BCUT2D eigenvalue weighted by Crippen LogP contribution is 2.30. The Morgan fingerprint density at radius 2 is 1.70 bits per heavy atom. The highest BCUT2D eigenvalue weighted by molar-refractivity contribution is 6.01. The van der Waals surface area contributed by atoms with Crippen LogP contribution in [0.15, 0.2) is 48.7 Å². The van der Waals surface area contributed by atoms with Crippen LogP contribution in [0.1, 0.15) is 23.6 Å². The summed E-state index contributed by atoms with van der Waals surface area (Å²) >= 11 is 0. The normalized spacial score (nSPS) is 12.6. The maximum absolute atomic E-state index is 12.8. The molecule has 1 unspecified atom stereocenters. The van der Waals surface area contributed by atoms with Crippen molar-refractivity contribution in [3.8, 4) is 0 Å². The summed E-state index contributed by atoms with van der Waals surface area (Å²) in [7, 11) is 1.28. The van der Waals surface area contributed by atoms with Gasteiger partial charge >= 0.3 is 12.1 Å². The van der Waals surface area contributed by atoms with Crippen molar-refractivity contribution in [2.45, 2.75) is 25.9 Å². The summed E-state index contributed by atoms with van der Waals surface area (Å²) in [6.45, 7) is 1.42. The second-order valence-electron chi connectivity index (χ2n) is 7.09. The minimum atomic E-state index is -4.40. The average molecular weight is 418 g/mol. The van der Waals surface area contributed by atoms with Crippen LogP contribution in [0.25, 0.3) is 10.9 Å². The first-order valence-electron chi connectivity index (χ1n) is 9.29. The molecule has 0 bridgehead atoms. The molecule has 1 aromatic heterocycles. The van der Waals surface area contributed by atoms with Gasteiger partial charge in [0.15, 0.2) is 0 Å². The van der Waals surface area contributed by atoms with Crippen molar-refractivity contribution in [3.05, 3.63) is 65.4 Å². The third-order valence-corrected chi connectivity index (χ3v) is 4.84. The first-order valence-corrected chi connectivity index (χ1v) is 9.29. The van der Waals surface area contributed by atoms with Gasteiger partial charge < -0.3 is 15.0 Å². The number of methoxy groups -OCH3 is 1. The van der Waals surface area contributed by atoms with Crippen molar-refractivity contribution in [2.75, 3.05) is 12.4 Å². The first kappa shape index (κ1) is 21.4. The van der Waals surface area contributed by atoms with Crippen LogP contribution in [-0.4, -0.2) is 24.0 Å². The molecule has 2 N–H and O–H groups in total. The number of aromatic nitrogens is 1. The average Bonchev–Trinajstić information content (AvgIpc) is 3.08. The molecule has 0 fully saturated rings. The van der Waals surface area contributed by atoms with Crippen molar-refractivity contribution in [3.63, 3.8) is 0 Å². The quantitative estimate of drug-likeness (QED) is 0.569. The number of hydrogen-bond acceptors (Lipinski definition) is 3. The van der Waals surface area contributed by atoms with E-state index in [1.807, 2.05) is 18.2 Å². The molecule has 5 nitrogen and oxygen atoms in total. The zero-order chi connectivity index (χ0) is 21.9. The van der Waals surface area contributed by atoms with Crippen LogP contribution in [0.3, 0.4) is 0 Å². The Kier molecular flexibility index (Phi) is 6.14. The molecule has 0 radical (unpaired) electrons. The number of aromatic amines is 1. The summed E-state index contributed by atoms with van der Waals surface area (Å²) in [5.74, 6) is -1.20. The summed E-state index contributed by atoms with van der Waals surface area (Å²) in [6.07, 6.45) is -2.13. The van der Waals surface area contributed by atoms with Gasteiger partial charge in [0.05, 0.1) is 24.3 Å². The topological polar surface area (TPSA) is 71.2 Å². The van der Waals surface area contributed by atoms with Crippen LogP contribution in [0.2, 0.25) is 0 Å². The number of halogens is 3. The van der Waals surface area contributed by atoms with Crippen molar-refractivity contribution in [1.82, 2.24) is 4.98 Å². The maximum Gasteiger partial charge on any atom is 0.416 e. The predicted octanol–water partition coefficient (Wildman–Crippen LogP) is 4.72. The number of carbonyl (C=O) groups excluding carboxylic acids is 2. The monoisotopic (exact) mass is 418 g/mol. The Bertz CT molecular complexity index is 1060. The van der Waals surface area contributed by atoms with Crippen LogP contribution in [0.4, 0.5) is 18.9 Å². The van der Waals surface area contributed by atoms with Gasteiger partial charge in [0, 0.05) is 24.0 Å². The maximum atomic E-state index is 12.8. The first-order chi connectivity index (χ1) is 14.2. The van der Waals surface area contributed by atoms with Crippen molar-refractivity contribution in [1.29, 1.82) is 0 Å². The summed E-state index contributed by atoms with van der Waals surface area (Å²) in [5.41, 5.74) is 2.19. The number of carbonyl (C=O) groups is 2. The van der Waals surface area contributed by atoms with E-state index < -0.39 is 23.6 Å². The number of amides is 1. The predicted molar refractivity (Wildman–Crippen MR) is 107 cm³/mol. The number of H-pyrrole nitrogens is 1. The van der Waals surface area contributed by atoms with Crippen LogP contribution in [0, 0.1) is 5.92 Å². The molecule has 0 saturated heterocycles. The summed E-state index contributed by atoms with van der Waals surface area (Å²) in [6, 6.07) is 10.4. The van der Waals surface area contributed by atoms with E-state index in [9.17, 15) is 22.8 Å². The molecule has 3 aromatic rings. The van der Waals surface area contributed by atoms with E-state index in [2.05, 4.69) is 10.3 Å². The number of fused-ring (bicyclic) bond motifs is 1. The minimum absolute atomic E-state index is 0.198. The van der Waals surface area contributed by atoms with E-state index in [0.717, 1.165) is 28.6 Å². The van der Waals surface area contributed by atoms with Crippen molar-refractivity contribution >= 4 is 28.5 Å². The van der Waals surface area contributed by atoms with Gasteiger partial charge in [-0.2, -0.15) is 13.2 Å². The van der Waals surface area contributed by atoms with Crippen LogP contribution in [0.5, 0.6) is 0 Å². The second-order valence-corrected chi connectivity index (χ2v) is 7.09. The number of hydrogen-bond donors (Lipinski definition) is 2. The highest BCUT2D eigenvalue weighted by Gasteiger charge is 2.30. The Labute approximate surface area is 171 Å². The van der Waals surface area contributed by atoms with E-state index in [1.54, 1.807) is 6.20 Å². The fourth-order valence-corrected chi connectivity index (χ4v) is 3.39. The molecule has 0 saturated carbocycles. The largest absolute Gasteiger partial charge is 0.469 e. The molecule has 0 aliphatic rings. The summed E-state index contributed by atoms with van der Waals surface area (Å²) in [4.78, 5) is 26.8. The molecule has 0 spiro atoms. The number of benzene rings is 2. The lowest BCUT2D eigenvalue weighted by Crippen LogP contribution is -2.21. The van der Waals surface area contributed by atoms with Gasteiger partial charge in [0.25, 0.3) is 0 Å². The van der Waals surface area contributed by atoms with Gasteiger partial charge in [-0.25, -0.2) is 0 Å². The fourth-order valence-electron chi connectivity index (χ4n) is 3.39. The number of ether oxygens (including phenoxy) is 1. The molecule has 0 aliphatic heterocycles. The Balaban J connectivity index is 1.83. The Morgan fingerprint density at radius 1 is 1.07 bits per heavy atom. The van der Waals surface area contributed by atoms with E-state index in [4.69, 9.17) is 4.74 Å². The van der Waals surface area contributed by atoms with Gasteiger partial charge in [-0.15, -0.1) is 0 Å². The van der Waals surface area contributed by atoms with E-state index in [-0.39, 0.29) is 12.3 Å². The zero-order valence-corrected chi connectivity index (χ0v) is 16.5. The van der Waals surface area contributed by atoms with Gasteiger partial charge in [0.1, 0.15) is 0 Å². The van der Waals surface area contributed by atoms with E-state index in [0.29, 0.717) is 17.7 Å². The van der Waals surface area contributed by atoms with Gasteiger partial charge in [-0.3, -0.25) is 9.59 Å². The Morgan fingerprint density at radius 3 is 2.30 bits per heavy atom. The summed E-state index contributed by atoms with van der Waals surface area (Å²) < 4.78 is 43.2. The molecule has 8 heteroatoms. The molecule has 0 aliphatic carbocycles. The van der Waals surface area contributed by atoms with Crippen molar-refractivity contribution in [2.24, 2.45) is 5.92 Å². The Hall–Kier alpha value is -3.29. The van der Waals surface area contributed by atoms with Crippen LogP contribution in [-0.2, 0) is 33.3 Å². The lowest BCUT2D eigenvalue weighted by atomic mass is 9.91. The van der Waals surface area contributed by atoms with E-state index >= 15 is 0 Å². The molecule has 1 atom stereocenters. The van der Waals surface area contributed by atoms with Gasteiger partial charge in [-0.05, 0) is 48.2 Å². The highest BCUT2D eigenvalue weighted by atomic mass is 19.4. The van der Waals surface area contributed by atoms with Crippen LogP contribution < -0.4 is 5.32 Å². The molecule has 30 heavy (non-hydrogen) atoms. The van der Waals surface area contributed by atoms with Crippen LogP contribution >= 0.6 is 0 Å². The van der Waals surface area contributed by atoms with Crippen molar-refractivity contribution < 1.29 is 27.5 Å². The lowest BCUT2D eigenvalue weighted by Gasteiger charge is -2.16. The standard InChI is InChI=1S/C22H21F3N2O3/c1-13(28)27-20-12-26-19-8-5-15(11-18(19)20)10-16(21(29)30-2)9-14-3-6-17(7-4-14)22(23,24)25/h3-8,11-12,16,26H,9-10H2,1-2H3,(H,27,28). The van der Waals surface area contributed by atoms with Gasteiger partial charge in [-0.1, -0.05) is 18.2 Å². The molecule has 158 valence electrons. The number of alkyl halides is 3. The molecule has 3 rings (SSSR count). The lowest BCUT2D eigenvalue weighted by molar-refractivity contribution is -0.145. The van der Waals surface area contributed by atoms with E-state index in [1.165, 1.54) is 26.2 Å². The zero-order valence-electron chi connectivity index (χ0n) is 16.5. The molecule has 2 aromatic carbocycles.